The topological polar surface area (TPSA) is 64.4 Å². The SMILES string of the molecule is O=C1OC2(CCN(C(=O)c3cn(Cc4ccncc4)c4cc(Cl)ccc34)CC2)c2ccc(F)cc21. The van der Waals surface area contributed by atoms with Crippen molar-refractivity contribution in [2.24, 2.45) is 0 Å². The molecule has 35 heavy (non-hydrogen) atoms. The van der Waals surface area contributed by atoms with Crippen molar-refractivity contribution >= 4 is 34.4 Å². The summed E-state index contributed by atoms with van der Waals surface area (Å²) in [5, 5.41) is 1.44. The first-order chi connectivity index (χ1) is 16.9. The van der Waals surface area contributed by atoms with Gasteiger partial charge in [-0.25, -0.2) is 9.18 Å². The number of hydrogen-bond acceptors (Lipinski definition) is 4. The highest BCUT2D eigenvalue weighted by atomic mass is 35.5. The second kappa shape index (κ2) is 8.20. The molecule has 4 aromatic rings. The second-order valence-corrected chi connectivity index (χ2v) is 9.49. The molecule has 4 heterocycles. The minimum atomic E-state index is -0.806. The maximum atomic E-state index is 13.7. The van der Waals surface area contributed by atoms with Gasteiger partial charge in [-0.2, -0.15) is 0 Å². The van der Waals surface area contributed by atoms with Gasteiger partial charge in [0.05, 0.1) is 16.6 Å². The summed E-state index contributed by atoms with van der Waals surface area (Å²) in [6.45, 7) is 1.43. The molecule has 0 N–H and O–H groups in total. The maximum Gasteiger partial charge on any atom is 0.339 e. The maximum absolute atomic E-state index is 13.7. The number of benzene rings is 2. The molecule has 2 aliphatic rings. The lowest BCUT2D eigenvalue weighted by Gasteiger charge is -2.38. The molecule has 6 rings (SSSR count). The number of halogens is 2. The van der Waals surface area contributed by atoms with E-state index in [1.54, 1.807) is 29.4 Å². The zero-order chi connectivity index (χ0) is 24.2. The summed E-state index contributed by atoms with van der Waals surface area (Å²) in [5.41, 5.74) is 2.73. The number of pyridine rings is 1. The smallest absolute Gasteiger partial charge is 0.339 e. The van der Waals surface area contributed by atoms with Crippen molar-refractivity contribution < 1.29 is 18.7 Å². The van der Waals surface area contributed by atoms with Crippen molar-refractivity contribution in [1.29, 1.82) is 0 Å². The third-order valence-corrected chi connectivity index (χ3v) is 7.25. The van der Waals surface area contributed by atoms with Crippen molar-refractivity contribution in [3.8, 4) is 0 Å². The molecule has 176 valence electrons. The van der Waals surface area contributed by atoms with E-state index in [0.29, 0.717) is 48.6 Å². The molecule has 0 unspecified atom stereocenters. The predicted octanol–water partition coefficient (Wildman–Crippen LogP) is 5.18. The van der Waals surface area contributed by atoms with Crippen LogP contribution < -0.4 is 0 Å². The molecule has 1 amide bonds. The molecule has 0 radical (unpaired) electrons. The minimum absolute atomic E-state index is 0.0793. The third kappa shape index (κ3) is 3.67. The van der Waals surface area contributed by atoms with Crippen LogP contribution in [0.25, 0.3) is 10.9 Å². The molecule has 2 aliphatic heterocycles. The lowest BCUT2D eigenvalue weighted by Crippen LogP contribution is -2.45. The van der Waals surface area contributed by atoms with Gasteiger partial charge in [0.15, 0.2) is 0 Å². The van der Waals surface area contributed by atoms with Gasteiger partial charge in [0.2, 0.25) is 0 Å². The third-order valence-electron chi connectivity index (χ3n) is 7.02. The molecule has 2 aromatic carbocycles. The van der Waals surface area contributed by atoms with E-state index in [9.17, 15) is 14.0 Å². The molecule has 8 heteroatoms. The number of likely N-dealkylation sites (tertiary alicyclic amines) is 1. The van der Waals surface area contributed by atoms with Gasteiger partial charge in [0, 0.05) is 67.0 Å². The molecular weight excluding hydrogens is 469 g/mol. The molecule has 6 nitrogen and oxygen atoms in total. The number of carbonyl (C=O) groups is 2. The van der Waals surface area contributed by atoms with E-state index in [0.717, 1.165) is 16.5 Å². The lowest BCUT2D eigenvalue weighted by atomic mass is 9.83. The largest absolute Gasteiger partial charge is 0.450 e. The fraction of sp³-hybridized carbons (Fsp3) is 0.222. The van der Waals surface area contributed by atoms with Crippen LogP contribution in [0.4, 0.5) is 4.39 Å². The monoisotopic (exact) mass is 489 g/mol. The molecule has 0 saturated carbocycles. The van der Waals surface area contributed by atoms with Gasteiger partial charge in [-0.15, -0.1) is 0 Å². The van der Waals surface area contributed by atoms with Crippen molar-refractivity contribution in [2.45, 2.75) is 25.0 Å². The van der Waals surface area contributed by atoms with Crippen LogP contribution in [0.15, 0.2) is 67.1 Å². The number of carbonyl (C=O) groups excluding carboxylic acids is 2. The molecule has 1 fully saturated rings. The number of hydrogen-bond donors (Lipinski definition) is 0. The Kier molecular flexibility index (Phi) is 5.11. The number of ether oxygens (including phenoxy) is 1. The first-order valence-electron chi connectivity index (χ1n) is 11.4. The molecule has 0 atom stereocenters. The summed E-state index contributed by atoms with van der Waals surface area (Å²) in [7, 11) is 0. The quantitative estimate of drug-likeness (QED) is 0.372. The number of aromatic nitrogens is 2. The Morgan fingerprint density at radius 3 is 2.63 bits per heavy atom. The average molecular weight is 490 g/mol. The van der Waals surface area contributed by atoms with E-state index in [1.165, 1.54) is 12.1 Å². The molecule has 2 aromatic heterocycles. The van der Waals surface area contributed by atoms with E-state index in [4.69, 9.17) is 16.3 Å². The molecule has 0 bridgehead atoms. The fourth-order valence-electron chi connectivity index (χ4n) is 5.23. The Labute approximate surface area is 205 Å². The zero-order valence-corrected chi connectivity index (χ0v) is 19.5. The van der Waals surface area contributed by atoms with Crippen LogP contribution >= 0.6 is 11.6 Å². The van der Waals surface area contributed by atoms with E-state index in [1.807, 2.05) is 35.0 Å². The Balaban J connectivity index is 1.28. The normalized spacial score (nSPS) is 16.5. The highest BCUT2D eigenvalue weighted by Gasteiger charge is 2.48. The summed E-state index contributed by atoms with van der Waals surface area (Å²) < 4.78 is 21.4. The van der Waals surface area contributed by atoms with Crippen LogP contribution in [0, 0.1) is 5.82 Å². The van der Waals surface area contributed by atoms with Crippen LogP contribution in [-0.4, -0.2) is 39.4 Å². The number of esters is 1. The summed E-state index contributed by atoms with van der Waals surface area (Å²) in [5.74, 6) is -1.05. The van der Waals surface area contributed by atoms with E-state index in [2.05, 4.69) is 4.98 Å². The number of amides is 1. The van der Waals surface area contributed by atoms with Gasteiger partial charge in [-0.3, -0.25) is 9.78 Å². The van der Waals surface area contributed by atoms with Crippen LogP contribution in [0.3, 0.4) is 0 Å². The minimum Gasteiger partial charge on any atom is -0.450 e. The highest BCUT2D eigenvalue weighted by molar-refractivity contribution is 6.31. The van der Waals surface area contributed by atoms with Gasteiger partial charge >= 0.3 is 5.97 Å². The predicted molar refractivity (Wildman–Crippen MR) is 129 cm³/mol. The zero-order valence-electron chi connectivity index (χ0n) is 18.7. The highest BCUT2D eigenvalue weighted by Crippen LogP contribution is 2.44. The van der Waals surface area contributed by atoms with E-state index in [-0.39, 0.29) is 11.5 Å². The first-order valence-corrected chi connectivity index (χ1v) is 11.8. The fourth-order valence-corrected chi connectivity index (χ4v) is 5.40. The Bertz CT molecular complexity index is 1480. The van der Waals surface area contributed by atoms with Crippen molar-refractivity contribution in [3.63, 3.8) is 0 Å². The van der Waals surface area contributed by atoms with Gasteiger partial charge in [-0.1, -0.05) is 23.7 Å². The second-order valence-electron chi connectivity index (χ2n) is 9.05. The molecule has 1 spiro atoms. The lowest BCUT2D eigenvalue weighted by molar-refractivity contribution is -0.0389. The Morgan fingerprint density at radius 1 is 1.09 bits per heavy atom. The standard InChI is InChI=1S/C27H21ClFN3O3/c28-18-1-3-20-22(16-32(24(20)13-18)15-17-5-9-30-10-6-17)25(33)31-11-7-27(8-12-31)23-4-2-19(29)14-21(23)26(34)35-27/h1-6,9-10,13-14,16H,7-8,11-12,15H2. The molecule has 1 saturated heterocycles. The van der Waals surface area contributed by atoms with E-state index < -0.39 is 17.4 Å². The van der Waals surface area contributed by atoms with Crippen LogP contribution in [0.2, 0.25) is 5.02 Å². The van der Waals surface area contributed by atoms with Crippen LogP contribution in [0.1, 0.15) is 44.7 Å². The van der Waals surface area contributed by atoms with Crippen LogP contribution in [-0.2, 0) is 16.9 Å². The summed E-state index contributed by atoms with van der Waals surface area (Å²) in [6, 6.07) is 13.6. The first kappa shape index (κ1) is 21.8. The van der Waals surface area contributed by atoms with Crippen molar-refractivity contribution in [2.75, 3.05) is 13.1 Å². The molecular formula is C27H21ClFN3O3. The van der Waals surface area contributed by atoms with Gasteiger partial charge in [0.25, 0.3) is 5.91 Å². The van der Waals surface area contributed by atoms with Gasteiger partial charge in [0.1, 0.15) is 11.4 Å². The van der Waals surface area contributed by atoms with Gasteiger partial charge < -0.3 is 14.2 Å². The Morgan fingerprint density at radius 2 is 1.86 bits per heavy atom. The number of piperidine rings is 1. The number of rotatable bonds is 3. The average Bonchev–Trinajstić information content (AvgIpc) is 3.34. The van der Waals surface area contributed by atoms with Crippen molar-refractivity contribution in [3.05, 3.63) is 100 Å². The number of nitrogens with zero attached hydrogens (tertiary/aromatic N) is 3. The summed E-state index contributed by atoms with van der Waals surface area (Å²) in [6.07, 6.45) is 6.29. The van der Waals surface area contributed by atoms with Crippen LogP contribution in [0.5, 0.6) is 0 Å². The molecule has 0 aliphatic carbocycles. The van der Waals surface area contributed by atoms with Gasteiger partial charge in [-0.05, 0) is 42.0 Å². The summed E-state index contributed by atoms with van der Waals surface area (Å²) >= 11 is 6.28. The summed E-state index contributed by atoms with van der Waals surface area (Å²) in [4.78, 5) is 31.9. The number of fused-ring (bicyclic) bond motifs is 3. The van der Waals surface area contributed by atoms with E-state index >= 15 is 0 Å². The van der Waals surface area contributed by atoms with Crippen molar-refractivity contribution in [1.82, 2.24) is 14.5 Å². The Hall–Kier alpha value is -3.71.